The van der Waals surface area contributed by atoms with Gasteiger partial charge in [-0.25, -0.2) is 14.7 Å². The van der Waals surface area contributed by atoms with Gasteiger partial charge in [0.25, 0.3) is 5.91 Å². The topological polar surface area (TPSA) is 71.5 Å². The summed E-state index contributed by atoms with van der Waals surface area (Å²) in [6.07, 6.45) is 0. The minimum Gasteiger partial charge on any atom is -0.496 e. The maximum absolute atomic E-state index is 12.6. The zero-order chi connectivity index (χ0) is 15.9. The third-order valence-corrected chi connectivity index (χ3v) is 4.90. The van der Waals surface area contributed by atoms with E-state index >= 15 is 0 Å². The third kappa shape index (κ3) is 2.38. The summed E-state index contributed by atoms with van der Waals surface area (Å²) in [5.74, 6) is 0.352. The summed E-state index contributed by atoms with van der Waals surface area (Å²) in [4.78, 5) is 30.0. The van der Waals surface area contributed by atoms with E-state index in [2.05, 4.69) is 26.2 Å². The maximum Gasteiger partial charge on any atom is 0.330 e. The molecular weight excluding hydrogens is 370 g/mol. The average molecular weight is 382 g/mol. The summed E-state index contributed by atoms with van der Waals surface area (Å²) in [7, 11) is 1.57. The number of halogens is 1. The molecule has 1 unspecified atom stereocenters. The molecule has 0 aliphatic carbocycles. The standard InChI is InChI=1S/C14H12BrN3O3S/c1-7-13(22-6-16-7)18-12(19)11(17-14(18)20)8-3-4-10(21-2)9(15)5-8/h3-6,11H,1-2H3,(H,17,20). The van der Waals surface area contributed by atoms with Crippen LogP contribution in [0.3, 0.4) is 0 Å². The largest absolute Gasteiger partial charge is 0.496 e. The number of anilines is 1. The number of nitrogens with zero attached hydrogens (tertiary/aromatic N) is 2. The van der Waals surface area contributed by atoms with E-state index in [1.165, 1.54) is 11.3 Å². The fourth-order valence-corrected chi connectivity index (χ4v) is 3.64. The predicted octanol–water partition coefficient (Wildman–Crippen LogP) is 3.02. The van der Waals surface area contributed by atoms with Crippen molar-refractivity contribution in [1.82, 2.24) is 10.3 Å². The number of carbonyl (C=O) groups excluding carboxylic acids is 2. The van der Waals surface area contributed by atoms with Crippen molar-refractivity contribution in [2.75, 3.05) is 12.0 Å². The van der Waals surface area contributed by atoms with Crippen LogP contribution in [0.25, 0.3) is 0 Å². The van der Waals surface area contributed by atoms with Gasteiger partial charge < -0.3 is 10.1 Å². The van der Waals surface area contributed by atoms with E-state index < -0.39 is 12.1 Å². The first-order valence-corrected chi connectivity index (χ1v) is 8.08. The minimum absolute atomic E-state index is 0.311. The van der Waals surface area contributed by atoms with Crippen LogP contribution in [-0.2, 0) is 4.79 Å². The molecule has 1 aromatic heterocycles. The lowest BCUT2D eigenvalue weighted by Crippen LogP contribution is -2.30. The SMILES string of the molecule is COc1ccc(C2NC(=O)N(c3scnc3C)C2=O)cc1Br. The molecule has 6 nitrogen and oxygen atoms in total. The minimum atomic E-state index is -0.712. The molecule has 114 valence electrons. The molecule has 2 aromatic rings. The van der Waals surface area contributed by atoms with Crippen LogP contribution in [0.1, 0.15) is 17.3 Å². The molecule has 0 radical (unpaired) electrons. The van der Waals surface area contributed by atoms with Crippen LogP contribution in [0.15, 0.2) is 28.2 Å². The second-order valence-corrected chi connectivity index (χ2v) is 6.38. The first-order chi connectivity index (χ1) is 10.5. The number of thiazole rings is 1. The number of amides is 3. The van der Waals surface area contributed by atoms with Crippen molar-refractivity contribution in [3.63, 3.8) is 0 Å². The van der Waals surface area contributed by atoms with E-state index in [1.807, 2.05) is 0 Å². The Kier molecular flexibility index (Phi) is 3.88. The number of urea groups is 1. The monoisotopic (exact) mass is 381 g/mol. The van der Waals surface area contributed by atoms with Gasteiger partial charge in [0.05, 0.1) is 22.8 Å². The van der Waals surface area contributed by atoms with Crippen molar-refractivity contribution in [2.45, 2.75) is 13.0 Å². The molecule has 1 aliphatic rings. The van der Waals surface area contributed by atoms with Gasteiger partial charge in [0.2, 0.25) is 0 Å². The summed E-state index contributed by atoms with van der Waals surface area (Å²) in [5, 5.41) is 3.26. The summed E-state index contributed by atoms with van der Waals surface area (Å²) in [6, 6.07) is 4.13. The van der Waals surface area contributed by atoms with Crippen LogP contribution in [0, 0.1) is 6.92 Å². The second-order valence-electron chi connectivity index (χ2n) is 4.69. The van der Waals surface area contributed by atoms with Gasteiger partial charge in [-0.2, -0.15) is 0 Å². The van der Waals surface area contributed by atoms with Gasteiger partial charge in [-0.3, -0.25) is 4.79 Å². The van der Waals surface area contributed by atoms with Crippen molar-refractivity contribution < 1.29 is 14.3 Å². The Balaban J connectivity index is 1.94. The molecule has 1 aromatic carbocycles. The number of hydrogen-bond donors (Lipinski definition) is 1. The number of aromatic nitrogens is 1. The molecule has 22 heavy (non-hydrogen) atoms. The number of ether oxygens (including phenoxy) is 1. The normalized spacial score (nSPS) is 17.8. The Morgan fingerprint density at radius 3 is 2.77 bits per heavy atom. The van der Waals surface area contributed by atoms with Gasteiger partial charge >= 0.3 is 6.03 Å². The van der Waals surface area contributed by atoms with Gasteiger partial charge in [-0.15, -0.1) is 11.3 Å². The van der Waals surface area contributed by atoms with Crippen LogP contribution in [-0.4, -0.2) is 24.0 Å². The van der Waals surface area contributed by atoms with Crippen LogP contribution in [0.4, 0.5) is 9.80 Å². The van der Waals surface area contributed by atoms with E-state index in [9.17, 15) is 9.59 Å². The highest BCUT2D eigenvalue weighted by molar-refractivity contribution is 9.10. The molecule has 1 saturated heterocycles. The molecule has 0 saturated carbocycles. The van der Waals surface area contributed by atoms with Gasteiger partial charge in [-0.05, 0) is 40.5 Å². The molecule has 0 spiro atoms. The van der Waals surface area contributed by atoms with E-state index in [4.69, 9.17) is 4.74 Å². The fraction of sp³-hybridized carbons (Fsp3) is 0.214. The van der Waals surface area contributed by atoms with E-state index in [-0.39, 0.29) is 5.91 Å². The number of hydrogen-bond acceptors (Lipinski definition) is 5. The molecule has 3 amide bonds. The number of imide groups is 1. The van der Waals surface area contributed by atoms with Crippen molar-refractivity contribution in [2.24, 2.45) is 0 Å². The molecule has 1 aliphatic heterocycles. The van der Waals surface area contributed by atoms with Crippen LogP contribution in [0.5, 0.6) is 5.75 Å². The number of rotatable bonds is 3. The summed E-state index contributed by atoms with van der Waals surface area (Å²) >= 11 is 4.65. The predicted molar refractivity (Wildman–Crippen MR) is 86.3 cm³/mol. The molecule has 3 rings (SSSR count). The molecule has 1 N–H and O–H groups in total. The quantitative estimate of drug-likeness (QED) is 0.829. The third-order valence-electron chi connectivity index (χ3n) is 3.37. The number of nitrogens with one attached hydrogen (secondary N) is 1. The van der Waals surface area contributed by atoms with Gasteiger partial charge in [-0.1, -0.05) is 6.07 Å². The Bertz CT molecular complexity index is 762. The number of benzene rings is 1. The molecule has 1 fully saturated rings. The zero-order valence-electron chi connectivity index (χ0n) is 11.8. The lowest BCUT2D eigenvalue weighted by molar-refractivity contribution is -0.118. The van der Waals surface area contributed by atoms with E-state index in [1.54, 1.807) is 37.7 Å². The highest BCUT2D eigenvalue weighted by atomic mass is 79.9. The van der Waals surface area contributed by atoms with Crippen molar-refractivity contribution in [1.29, 1.82) is 0 Å². The first kappa shape index (κ1) is 15.0. The summed E-state index contributed by atoms with van der Waals surface area (Å²) < 4.78 is 5.89. The average Bonchev–Trinajstić information content (AvgIpc) is 3.02. The van der Waals surface area contributed by atoms with Gasteiger partial charge in [0, 0.05) is 0 Å². The lowest BCUT2D eigenvalue weighted by Gasteiger charge is -2.12. The van der Waals surface area contributed by atoms with E-state index in [0.717, 1.165) is 9.37 Å². The van der Waals surface area contributed by atoms with Crippen LogP contribution >= 0.6 is 27.3 Å². The Labute approximate surface area is 139 Å². The Hall–Kier alpha value is -1.93. The number of aryl methyl sites for hydroxylation is 1. The molecule has 1 atom stereocenters. The Morgan fingerprint density at radius 1 is 1.41 bits per heavy atom. The first-order valence-electron chi connectivity index (χ1n) is 6.41. The van der Waals surface area contributed by atoms with Crippen molar-refractivity contribution in [3.05, 3.63) is 39.4 Å². The Morgan fingerprint density at radius 2 is 2.18 bits per heavy atom. The zero-order valence-corrected chi connectivity index (χ0v) is 14.2. The van der Waals surface area contributed by atoms with Crippen molar-refractivity contribution in [3.8, 4) is 5.75 Å². The smallest absolute Gasteiger partial charge is 0.330 e. The molecular formula is C14H12BrN3O3S. The highest BCUT2D eigenvalue weighted by Gasteiger charge is 2.41. The van der Waals surface area contributed by atoms with Crippen LogP contribution in [0.2, 0.25) is 0 Å². The highest BCUT2D eigenvalue weighted by Crippen LogP contribution is 2.34. The summed E-state index contributed by atoms with van der Waals surface area (Å²) in [6.45, 7) is 1.77. The van der Waals surface area contributed by atoms with Crippen LogP contribution < -0.4 is 15.0 Å². The molecule has 8 heteroatoms. The summed E-state index contributed by atoms with van der Waals surface area (Å²) in [5.41, 5.74) is 2.96. The molecule has 2 heterocycles. The number of methoxy groups -OCH3 is 1. The maximum atomic E-state index is 12.6. The van der Waals surface area contributed by atoms with Gasteiger partial charge in [0.1, 0.15) is 16.8 Å². The van der Waals surface area contributed by atoms with E-state index in [0.29, 0.717) is 22.0 Å². The van der Waals surface area contributed by atoms with Gasteiger partial charge in [0.15, 0.2) is 0 Å². The second kappa shape index (κ2) is 5.69. The lowest BCUT2D eigenvalue weighted by atomic mass is 10.1. The van der Waals surface area contributed by atoms with Crippen molar-refractivity contribution >= 4 is 44.2 Å². The molecule has 0 bridgehead atoms. The number of carbonyl (C=O) groups is 2. The fourth-order valence-electron chi connectivity index (χ4n) is 2.27.